The van der Waals surface area contributed by atoms with Crippen LogP contribution in [0.5, 0.6) is 5.75 Å². The number of pyridine rings is 1. The molecule has 3 rings (SSSR count). The summed E-state index contributed by atoms with van der Waals surface area (Å²) in [5, 5.41) is 4.93. The van der Waals surface area contributed by atoms with Gasteiger partial charge < -0.3 is 9.30 Å². The van der Waals surface area contributed by atoms with Crippen molar-refractivity contribution in [1.82, 2.24) is 9.99 Å². The average molecular weight is 458 g/mol. The maximum Gasteiger partial charge on any atom is 0.276 e. The Morgan fingerprint density at radius 1 is 1.13 bits per heavy atom. The monoisotopic (exact) mass is 457 g/mol. The molecule has 0 fully saturated rings. The molecule has 0 aliphatic carbocycles. The third-order valence-corrected chi connectivity index (χ3v) is 5.02. The molecule has 1 heterocycles. The zero-order chi connectivity index (χ0) is 22.2. The number of rotatable bonds is 8. The fraction of sp³-hybridized carbons (Fsp3) is 0.174. The van der Waals surface area contributed by atoms with E-state index in [-0.39, 0.29) is 12.1 Å². The molecule has 0 saturated carbocycles. The second-order valence-electron chi connectivity index (χ2n) is 6.68. The Hall–Kier alpha value is -3.09. The second kappa shape index (κ2) is 10.8. The van der Waals surface area contributed by atoms with Crippen LogP contribution < -0.4 is 15.7 Å². The molecule has 0 atom stereocenters. The number of amides is 1. The fourth-order valence-corrected chi connectivity index (χ4v) is 3.24. The SMILES string of the molecule is CCCOc1ccc(/C=N\NC(=O)c2cccn(Cc3ccccc3Cl)c2=O)cc1Cl. The van der Waals surface area contributed by atoms with Gasteiger partial charge in [0, 0.05) is 11.2 Å². The van der Waals surface area contributed by atoms with Gasteiger partial charge in [-0.3, -0.25) is 9.59 Å². The molecule has 0 radical (unpaired) electrons. The number of halogens is 2. The first kappa shape index (κ1) is 22.6. The minimum absolute atomic E-state index is 0.0203. The van der Waals surface area contributed by atoms with Crippen molar-refractivity contribution >= 4 is 35.3 Å². The number of ether oxygens (including phenoxy) is 1. The van der Waals surface area contributed by atoms with Crippen LogP contribution in [0.25, 0.3) is 0 Å². The third kappa shape index (κ3) is 5.96. The number of carbonyl (C=O) groups is 1. The fourth-order valence-electron chi connectivity index (χ4n) is 2.80. The Morgan fingerprint density at radius 3 is 2.68 bits per heavy atom. The Bertz CT molecular complexity index is 1160. The van der Waals surface area contributed by atoms with Gasteiger partial charge in [-0.1, -0.05) is 48.3 Å². The maximum absolute atomic E-state index is 12.7. The molecule has 3 aromatic rings. The molecule has 0 bridgehead atoms. The minimum atomic E-state index is -0.608. The van der Waals surface area contributed by atoms with Crippen molar-refractivity contribution in [3.05, 3.63) is 97.9 Å². The van der Waals surface area contributed by atoms with Crippen molar-refractivity contribution in [2.75, 3.05) is 6.61 Å². The summed E-state index contributed by atoms with van der Waals surface area (Å²) in [6.45, 7) is 2.85. The minimum Gasteiger partial charge on any atom is -0.492 e. The van der Waals surface area contributed by atoms with E-state index in [0.29, 0.717) is 28.0 Å². The van der Waals surface area contributed by atoms with Crippen molar-refractivity contribution in [3.63, 3.8) is 0 Å². The van der Waals surface area contributed by atoms with Crippen LogP contribution >= 0.6 is 23.2 Å². The van der Waals surface area contributed by atoms with Crippen LogP contribution in [-0.4, -0.2) is 23.3 Å². The summed E-state index contributed by atoms with van der Waals surface area (Å²) in [7, 11) is 0. The van der Waals surface area contributed by atoms with Crippen LogP contribution in [0.15, 0.2) is 70.7 Å². The van der Waals surface area contributed by atoms with Crippen LogP contribution in [0.1, 0.15) is 34.8 Å². The summed E-state index contributed by atoms with van der Waals surface area (Å²) >= 11 is 12.4. The van der Waals surface area contributed by atoms with E-state index in [4.69, 9.17) is 27.9 Å². The van der Waals surface area contributed by atoms with Crippen molar-refractivity contribution in [1.29, 1.82) is 0 Å². The van der Waals surface area contributed by atoms with Gasteiger partial charge in [0.1, 0.15) is 11.3 Å². The molecular formula is C23H21Cl2N3O3. The normalized spacial score (nSPS) is 10.9. The van der Waals surface area contributed by atoms with Crippen LogP contribution in [0, 0.1) is 0 Å². The topological polar surface area (TPSA) is 72.7 Å². The van der Waals surface area contributed by atoms with Crippen molar-refractivity contribution < 1.29 is 9.53 Å². The Morgan fingerprint density at radius 2 is 1.94 bits per heavy atom. The molecule has 1 aromatic heterocycles. The predicted octanol–water partition coefficient (Wildman–Crippen LogP) is 4.76. The molecule has 0 saturated heterocycles. The highest BCUT2D eigenvalue weighted by atomic mass is 35.5. The van der Waals surface area contributed by atoms with Gasteiger partial charge in [-0.25, -0.2) is 5.43 Å². The number of benzene rings is 2. The standard InChI is InChI=1S/C23H21Cl2N3O3/c1-2-12-31-21-10-9-16(13-20(21)25)14-26-27-22(29)18-7-5-11-28(23(18)30)15-17-6-3-4-8-19(17)24/h3-11,13-14H,2,12,15H2,1H3,(H,27,29)/b26-14-. The smallest absolute Gasteiger partial charge is 0.276 e. The van der Waals surface area contributed by atoms with Crippen molar-refractivity contribution in [2.45, 2.75) is 19.9 Å². The van der Waals surface area contributed by atoms with E-state index in [1.807, 2.05) is 25.1 Å². The summed E-state index contributed by atoms with van der Waals surface area (Å²) < 4.78 is 6.95. The molecule has 31 heavy (non-hydrogen) atoms. The number of carbonyl (C=O) groups excluding carboxylic acids is 1. The molecule has 1 amide bonds. The molecule has 160 valence electrons. The van der Waals surface area contributed by atoms with Gasteiger partial charge in [-0.05, 0) is 53.9 Å². The van der Waals surface area contributed by atoms with Crippen molar-refractivity contribution in [3.8, 4) is 5.75 Å². The molecule has 0 aliphatic heterocycles. The average Bonchev–Trinajstić information content (AvgIpc) is 2.76. The zero-order valence-electron chi connectivity index (χ0n) is 16.8. The van der Waals surface area contributed by atoms with Gasteiger partial charge >= 0.3 is 0 Å². The van der Waals surface area contributed by atoms with Gasteiger partial charge in [0.2, 0.25) is 0 Å². The number of hydrogen-bond donors (Lipinski definition) is 1. The van der Waals surface area contributed by atoms with Crippen LogP contribution in [0.2, 0.25) is 10.0 Å². The van der Waals surface area contributed by atoms with Gasteiger partial charge in [-0.2, -0.15) is 5.10 Å². The number of nitrogens with one attached hydrogen (secondary N) is 1. The summed E-state index contributed by atoms with van der Waals surface area (Å²) in [5.41, 5.74) is 3.38. The number of nitrogens with zero attached hydrogens (tertiary/aromatic N) is 2. The predicted molar refractivity (Wildman–Crippen MR) is 124 cm³/mol. The highest BCUT2D eigenvalue weighted by Crippen LogP contribution is 2.25. The number of aromatic nitrogens is 1. The van der Waals surface area contributed by atoms with Crippen LogP contribution in [0.4, 0.5) is 0 Å². The first-order valence-electron chi connectivity index (χ1n) is 9.68. The molecule has 0 unspecified atom stereocenters. The lowest BCUT2D eigenvalue weighted by Crippen LogP contribution is -2.31. The number of hydrazone groups is 1. The first-order chi connectivity index (χ1) is 15.0. The third-order valence-electron chi connectivity index (χ3n) is 4.36. The quantitative estimate of drug-likeness (QED) is 0.391. The lowest BCUT2D eigenvalue weighted by atomic mass is 10.2. The Balaban J connectivity index is 1.69. The Labute approximate surface area is 190 Å². The Kier molecular flexibility index (Phi) is 7.87. The molecule has 8 heteroatoms. The van der Waals surface area contributed by atoms with Gasteiger partial charge in [0.05, 0.1) is 24.4 Å². The second-order valence-corrected chi connectivity index (χ2v) is 7.50. The molecule has 0 aliphatic rings. The van der Waals surface area contributed by atoms with Gasteiger partial charge in [0.15, 0.2) is 0 Å². The summed E-state index contributed by atoms with van der Waals surface area (Å²) in [5.74, 6) is -0.0168. The van der Waals surface area contributed by atoms with Crippen LogP contribution in [0.3, 0.4) is 0 Å². The van der Waals surface area contributed by atoms with E-state index in [9.17, 15) is 9.59 Å². The van der Waals surface area contributed by atoms with Gasteiger partial charge in [-0.15, -0.1) is 0 Å². The van der Waals surface area contributed by atoms with Gasteiger partial charge in [0.25, 0.3) is 11.5 Å². The molecule has 1 N–H and O–H groups in total. The first-order valence-corrected chi connectivity index (χ1v) is 10.4. The highest BCUT2D eigenvalue weighted by Gasteiger charge is 2.12. The lowest BCUT2D eigenvalue weighted by molar-refractivity contribution is 0.0953. The van der Waals surface area contributed by atoms with Crippen LogP contribution in [-0.2, 0) is 6.54 Å². The van der Waals surface area contributed by atoms with E-state index in [0.717, 1.165) is 12.0 Å². The molecular weight excluding hydrogens is 437 g/mol. The van der Waals surface area contributed by atoms with E-state index in [1.54, 1.807) is 36.5 Å². The largest absolute Gasteiger partial charge is 0.492 e. The van der Waals surface area contributed by atoms with E-state index in [2.05, 4.69) is 10.5 Å². The lowest BCUT2D eigenvalue weighted by Gasteiger charge is -2.09. The van der Waals surface area contributed by atoms with Crippen molar-refractivity contribution in [2.24, 2.45) is 5.10 Å². The van der Waals surface area contributed by atoms with E-state index >= 15 is 0 Å². The summed E-state index contributed by atoms with van der Waals surface area (Å²) in [6, 6.07) is 15.5. The van der Waals surface area contributed by atoms with E-state index in [1.165, 1.54) is 16.8 Å². The molecule has 6 nitrogen and oxygen atoms in total. The highest BCUT2D eigenvalue weighted by molar-refractivity contribution is 6.32. The van der Waals surface area contributed by atoms with E-state index < -0.39 is 11.5 Å². The molecule has 2 aromatic carbocycles. The molecule has 0 spiro atoms. The summed E-state index contributed by atoms with van der Waals surface area (Å²) in [6.07, 6.45) is 3.93. The zero-order valence-corrected chi connectivity index (χ0v) is 18.4. The summed E-state index contributed by atoms with van der Waals surface area (Å²) in [4.78, 5) is 25.2. The maximum atomic E-state index is 12.7. The number of hydrogen-bond acceptors (Lipinski definition) is 4.